The van der Waals surface area contributed by atoms with E-state index in [1.165, 1.54) is 11.2 Å². The second-order valence-electron chi connectivity index (χ2n) is 5.49. The van der Waals surface area contributed by atoms with Gasteiger partial charge in [-0.25, -0.2) is 9.97 Å². The van der Waals surface area contributed by atoms with E-state index in [0.717, 1.165) is 25.9 Å². The van der Waals surface area contributed by atoms with Crippen LogP contribution in [0.5, 0.6) is 0 Å². The van der Waals surface area contributed by atoms with Crippen LogP contribution in [0.25, 0.3) is 11.4 Å². The topological polar surface area (TPSA) is 94.0 Å². The molecule has 118 valence electrons. The summed E-state index contributed by atoms with van der Waals surface area (Å²) in [6.07, 6.45) is 5.16. The lowest BCUT2D eigenvalue weighted by atomic mass is 10.2. The van der Waals surface area contributed by atoms with Crippen LogP contribution in [0.2, 0.25) is 0 Å². The lowest BCUT2D eigenvalue weighted by Gasteiger charge is -2.20. The van der Waals surface area contributed by atoms with Crippen molar-refractivity contribution in [3.63, 3.8) is 0 Å². The summed E-state index contributed by atoms with van der Waals surface area (Å²) in [5.74, 6) is 1.44. The van der Waals surface area contributed by atoms with Gasteiger partial charge in [0, 0.05) is 17.6 Å². The highest BCUT2D eigenvalue weighted by molar-refractivity contribution is 7.09. The van der Waals surface area contributed by atoms with Crippen molar-refractivity contribution in [3.05, 3.63) is 40.8 Å². The van der Waals surface area contributed by atoms with E-state index in [9.17, 15) is 0 Å². The summed E-state index contributed by atoms with van der Waals surface area (Å²) in [5, 5.41) is 6.15. The van der Waals surface area contributed by atoms with E-state index < -0.39 is 0 Å². The van der Waals surface area contributed by atoms with Gasteiger partial charge in [-0.2, -0.15) is 4.98 Å². The summed E-state index contributed by atoms with van der Waals surface area (Å²) in [6.45, 7) is 1.95. The highest BCUT2D eigenvalue weighted by Crippen LogP contribution is 2.34. The van der Waals surface area contributed by atoms with E-state index >= 15 is 0 Å². The van der Waals surface area contributed by atoms with Crippen LogP contribution in [0.3, 0.4) is 0 Å². The summed E-state index contributed by atoms with van der Waals surface area (Å²) in [4.78, 5) is 16.2. The standard InChI is InChI=1S/C15H16N6OS/c16-13-11(7-17-9-18-13)14-19-15(22-20-14)12-4-1-5-21(12)8-10-3-2-6-23-10/h2-3,6-7,9,12H,1,4-5,8H2,(H2,16,17,18)/t12-/m0/s1. The fraction of sp³-hybridized carbons (Fsp3) is 0.333. The fourth-order valence-electron chi connectivity index (χ4n) is 2.89. The van der Waals surface area contributed by atoms with Gasteiger partial charge < -0.3 is 10.3 Å². The molecule has 8 heteroatoms. The van der Waals surface area contributed by atoms with Gasteiger partial charge in [0.05, 0.1) is 11.6 Å². The smallest absolute Gasteiger partial charge is 0.244 e. The molecule has 0 spiro atoms. The normalized spacial score (nSPS) is 18.5. The number of rotatable bonds is 4. The third-order valence-electron chi connectivity index (χ3n) is 4.01. The maximum absolute atomic E-state index is 5.85. The molecule has 3 aromatic rings. The maximum atomic E-state index is 5.85. The monoisotopic (exact) mass is 328 g/mol. The van der Waals surface area contributed by atoms with Crippen LogP contribution >= 0.6 is 11.3 Å². The van der Waals surface area contributed by atoms with E-state index in [1.807, 2.05) is 0 Å². The number of aromatic nitrogens is 4. The van der Waals surface area contributed by atoms with Gasteiger partial charge in [-0.15, -0.1) is 11.3 Å². The molecule has 4 rings (SSSR count). The van der Waals surface area contributed by atoms with Gasteiger partial charge in [0.25, 0.3) is 0 Å². The number of anilines is 1. The number of likely N-dealkylation sites (tertiary alicyclic amines) is 1. The number of nitrogen functional groups attached to an aromatic ring is 1. The van der Waals surface area contributed by atoms with Gasteiger partial charge in [0.1, 0.15) is 12.1 Å². The molecule has 1 aliphatic rings. The molecule has 1 aliphatic heterocycles. The van der Waals surface area contributed by atoms with E-state index in [-0.39, 0.29) is 6.04 Å². The van der Waals surface area contributed by atoms with Crippen LogP contribution in [0.1, 0.15) is 29.7 Å². The van der Waals surface area contributed by atoms with Gasteiger partial charge in [0.2, 0.25) is 11.7 Å². The highest BCUT2D eigenvalue weighted by atomic mass is 32.1. The molecule has 0 aliphatic carbocycles. The van der Waals surface area contributed by atoms with Crippen LogP contribution in [0.4, 0.5) is 5.82 Å². The Bertz CT molecular complexity index is 787. The summed E-state index contributed by atoms with van der Waals surface area (Å²) in [7, 11) is 0. The van der Waals surface area contributed by atoms with Gasteiger partial charge in [-0.05, 0) is 30.8 Å². The number of hydrogen-bond donors (Lipinski definition) is 1. The Kier molecular flexibility index (Phi) is 3.76. The molecule has 0 bridgehead atoms. The molecule has 0 saturated carbocycles. The fourth-order valence-corrected chi connectivity index (χ4v) is 3.62. The quantitative estimate of drug-likeness (QED) is 0.786. The predicted molar refractivity (Wildman–Crippen MR) is 86.4 cm³/mol. The SMILES string of the molecule is Nc1ncncc1-c1noc([C@@H]2CCCN2Cc2cccs2)n1. The third-order valence-corrected chi connectivity index (χ3v) is 4.87. The lowest BCUT2D eigenvalue weighted by Crippen LogP contribution is -2.22. The molecular weight excluding hydrogens is 312 g/mol. The number of nitrogens with two attached hydrogens (primary N) is 1. The summed E-state index contributed by atoms with van der Waals surface area (Å²) in [6, 6.07) is 4.39. The molecule has 1 saturated heterocycles. The van der Waals surface area contributed by atoms with Crippen LogP contribution in [0.15, 0.2) is 34.6 Å². The van der Waals surface area contributed by atoms with Crippen molar-refractivity contribution < 1.29 is 4.52 Å². The molecule has 0 radical (unpaired) electrons. The minimum atomic E-state index is 0.157. The first kappa shape index (κ1) is 14.3. The van der Waals surface area contributed by atoms with E-state index in [2.05, 4.69) is 42.5 Å². The Morgan fingerprint density at radius 1 is 1.43 bits per heavy atom. The maximum Gasteiger partial charge on any atom is 0.244 e. The first-order valence-electron chi connectivity index (χ1n) is 7.47. The Labute approximate surface area is 137 Å². The predicted octanol–water partition coefficient (Wildman–Crippen LogP) is 2.51. The zero-order chi connectivity index (χ0) is 15.6. The Morgan fingerprint density at radius 2 is 2.39 bits per heavy atom. The van der Waals surface area contributed by atoms with Gasteiger partial charge in [0.15, 0.2) is 0 Å². The van der Waals surface area contributed by atoms with E-state index in [1.54, 1.807) is 17.5 Å². The number of nitrogens with zero attached hydrogens (tertiary/aromatic N) is 5. The highest BCUT2D eigenvalue weighted by Gasteiger charge is 2.31. The third kappa shape index (κ3) is 2.82. The average Bonchev–Trinajstić information content (AvgIpc) is 3.28. The molecule has 1 fully saturated rings. The minimum Gasteiger partial charge on any atom is -0.383 e. The largest absolute Gasteiger partial charge is 0.383 e. The van der Waals surface area contributed by atoms with Crippen molar-refractivity contribution in [3.8, 4) is 11.4 Å². The molecule has 23 heavy (non-hydrogen) atoms. The Balaban J connectivity index is 1.57. The van der Waals surface area contributed by atoms with E-state index in [4.69, 9.17) is 10.3 Å². The molecule has 2 N–H and O–H groups in total. The lowest BCUT2D eigenvalue weighted by molar-refractivity contribution is 0.202. The second-order valence-corrected chi connectivity index (χ2v) is 6.52. The molecule has 4 heterocycles. The van der Waals surface area contributed by atoms with Gasteiger partial charge in [-0.3, -0.25) is 4.90 Å². The van der Waals surface area contributed by atoms with Crippen molar-refractivity contribution in [2.75, 3.05) is 12.3 Å². The number of hydrogen-bond acceptors (Lipinski definition) is 8. The van der Waals surface area contributed by atoms with Gasteiger partial charge >= 0.3 is 0 Å². The second kappa shape index (κ2) is 6.05. The molecule has 0 unspecified atom stereocenters. The average molecular weight is 328 g/mol. The zero-order valence-corrected chi connectivity index (χ0v) is 13.2. The van der Waals surface area contributed by atoms with Crippen LogP contribution in [-0.2, 0) is 6.54 Å². The molecule has 0 aromatic carbocycles. The number of thiophene rings is 1. The van der Waals surface area contributed by atoms with Crippen LogP contribution < -0.4 is 5.73 Å². The molecule has 7 nitrogen and oxygen atoms in total. The molecule has 1 atom stereocenters. The summed E-state index contributed by atoms with van der Waals surface area (Å²) >= 11 is 1.77. The van der Waals surface area contributed by atoms with Crippen molar-refractivity contribution in [2.24, 2.45) is 0 Å². The minimum absolute atomic E-state index is 0.157. The van der Waals surface area contributed by atoms with Crippen molar-refractivity contribution >= 4 is 17.2 Å². The van der Waals surface area contributed by atoms with Crippen molar-refractivity contribution in [1.29, 1.82) is 0 Å². The molecular formula is C15H16N6OS. The van der Waals surface area contributed by atoms with Crippen LogP contribution in [-0.4, -0.2) is 31.6 Å². The van der Waals surface area contributed by atoms with Crippen molar-refractivity contribution in [1.82, 2.24) is 25.0 Å². The first-order chi connectivity index (χ1) is 11.3. The van der Waals surface area contributed by atoms with Crippen molar-refractivity contribution in [2.45, 2.75) is 25.4 Å². The summed E-state index contributed by atoms with van der Waals surface area (Å²) in [5.41, 5.74) is 6.45. The molecule has 3 aromatic heterocycles. The van der Waals surface area contributed by atoms with Gasteiger partial charge in [-0.1, -0.05) is 11.2 Å². The Morgan fingerprint density at radius 3 is 3.22 bits per heavy atom. The summed E-state index contributed by atoms with van der Waals surface area (Å²) < 4.78 is 5.50. The Hall–Kier alpha value is -2.32. The van der Waals surface area contributed by atoms with E-state index in [0.29, 0.717) is 23.1 Å². The first-order valence-corrected chi connectivity index (χ1v) is 8.35. The van der Waals surface area contributed by atoms with Crippen LogP contribution in [0, 0.1) is 0 Å². The zero-order valence-electron chi connectivity index (χ0n) is 12.4. The molecule has 0 amide bonds.